The van der Waals surface area contributed by atoms with Crippen LogP contribution < -0.4 is 14.2 Å². The molecular weight excluding hydrogens is 506 g/mol. The Morgan fingerprint density at radius 3 is 2.28 bits per heavy atom. The van der Waals surface area contributed by atoms with E-state index in [0.29, 0.717) is 10.3 Å². The van der Waals surface area contributed by atoms with Gasteiger partial charge in [0.15, 0.2) is 11.9 Å². The second-order valence-electron chi connectivity index (χ2n) is 9.37. The molecule has 0 fully saturated rings. The van der Waals surface area contributed by atoms with Crippen LogP contribution in [0.1, 0.15) is 52.6 Å². The van der Waals surface area contributed by atoms with Crippen LogP contribution in [0.25, 0.3) is 0 Å². The first-order valence-electron chi connectivity index (χ1n) is 10.9. The van der Waals surface area contributed by atoms with E-state index in [-0.39, 0.29) is 44.4 Å². The average Bonchev–Trinajstić information content (AvgIpc) is 3.06. The highest BCUT2D eigenvalue weighted by molar-refractivity contribution is 7.92. The lowest BCUT2D eigenvalue weighted by atomic mass is 9.87. The molecule has 0 saturated heterocycles. The maximum atomic E-state index is 13.3. The van der Waals surface area contributed by atoms with Gasteiger partial charge in [0.1, 0.15) is 0 Å². The highest BCUT2D eigenvalue weighted by atomic mass is 35.5. The van der Waals surface area contributed by atoms with Crippen LogP contribution in [-0.2, 0) is 22.0 Å². The van der Waals surface area contributed by atoms with Gasteiger partial charge >= 0.3 is 0 Å². The Morgan fingerprint density at radius 1 is 1.03 bits per heavy atom. The molecule has 2 heterocycles. The number of imide groups is 1. The van der Waals surface area contributed by atoms with Gasteiger partial charge in [-0.15, -0.1) is 0 Å². The van der Waals surface area contributed by atoms with Gasteiger partial charge in [0.2, 0.25) is 6.20 Å². The van der Waals surface area contributed by atoms with E-state index < -0.39 is 21.8 Å². The lowest BCUT2D eigenvalue weighted by Crippen LogP contribution is -2.32. The number of carbonyl (C=O) groups excluding carboxylic acids is 2. The van der Waals surface area contributed by atoms with Crippen molar-refractivity contribution in [3.63, 3.8) is 0 Å². The molecule has 1 aromatic heterocycles. The summed E-state index contributed by atoms with van der Waals surface area (Å²) >= 11 is 6.24. The van der Waals surface area contributed by atoms with Gasteiger partial charge in [-0.2, -0.15) is 4.73 Å². The van der Waals surface area contributed by atoms with E-state index >= 15 is 0 Å². The number of carbonyl (C=O) groups is 2. The summed E-state index contributed by atoms with van der Waals surface area (Å²) in [5.74, 6) is -1.18. The van der Waals surface area contributed by atoms with Crippen LogP contribution in [-0.4, -0.2) is 32.2 Å². The molecule has 1 aliphatic heterocycles. The van der Waals surface area contributed by atoms with Crippen molar-refractivity contribution in [2.45, 2.75) is 37.6 Å². The first-order valence-corrected chi connectivity index (χ1v) is 12.8. The molecule has 0 saturated carbocycles. The molecule has 1 aliphatic rings. The van der Waals surface area contributed by atoms with Gasteiger partial charge in [0, 0.05) is 5.56 Å². The molecule has 0 aliphatic carbocycles. The number of pyridine rings is 1. The fourth-order valence-electron chi connectivity index (χ4n) is 3.90. The number of nitrogens with one attached hydrogen (secondary N) is 1. The zero-order valence-corrected chi connectivity index (χ0v) is 21.6. The Kier molecular flexibility index (Phi) is 6.44. The number of halogens is 1. The molecule has 2 aromatic carbocycles. The quantitative estimate of drug-likeness (QED) is 0.294. The van der Waals surface area contributed by atoms with Crippen molar-refractivity contribution < 1.29 is 27.5 Å². The summed E-state index contributed by atoms with van der Waals surface area (Å²) in [7, 11) is -2.69. The average molecular weight is 530 g/mol. The smallest absolute Gasteiger partial charge is 0.264 e. The number of anilines is 1. The predicted molar refractivity (Wildman–Crippen MR) is 134 cm³/mol. The van der Waals surface area contributed by atoms with E-state index in [4.69, 9.17) is 16.3 Å². The van der Waals surface area contributed by atoms with Gasteiger partial charge < -0.3 is 9.94 Å². The minimum Gasteiger partial charge on any atom is -0.619 e. The Labute approximate surface area is 213 Å². The Hall–Kier alpha value is -3.63. The number of nitrogens with zero attached hydrogens (tertiary/aromatic N) is 2. The van der Waals surface area contributed by atoms with Crippen LogP contribution >= 0.6 is 11.6 Å². The third-order valence-electron chi connectivity index (χ3n) is 5.80. The summed E-state index contributed by atoms with van der Waals surface area (Å²) < 4.78 is 34.2. The minimum absolute atomic E-state index is 0.00390. The van der Waals surface area contributed by atoms with Gasteiger partial charge in [-0.1, -0.05) is 44.5 Å². The van der Waals surface area contributed by atoms with Crippen molar-refractivity contribution in [1.82, 2.24) is 4.90 Å². The summed E-state index contributed by atoms with van der Waals surface area (Å²) in [5.41, 5.74) is 0.818. The summed E-state index contributed by atoms with van der Waals surface area (Å²) in [4.78, 5) is 27.3. The molecule has 0 unspecified atom stereocenters. The van der Waals surface area contributed by atoms with Crippen LogP contribution in [0.15, 0.2) is 59.8 Å². The van der Waals surface area contributed by atoms with Gasteiger partial charge in [0.05, 0.1) is 40.4 Å². The second-order valence-corrected chi connectivity index (χ2v) is 11.5. The summed E-state index contributed by atoms with van der Waals surface area (Å²) in [6.07, 6.45) is 2.40. The standard InChI is InChI=1S/C25H24ClN3O6S/c1-25(2,3)16-5-7-18(8-6-16)36(33,34)27-20-10-9-19(26)21-22(20)24(31)29(23(21)30)13-15-11-17(35-4)14-28(32)12-15/h5-12,14,27H,13H2,1-4H3. The fraction of sp³-hybridized carbons (Fsp3) is 0.240. The zero-order valence-electron chi connectivity index (χ0n) is 20.0. The number of benzene rings is 2. The van der Waals surface area contributed by atoms with E-state index in [0.717, 1.165) is 10.5 Å². The lowest BCUT2D eigenvalue weighted by molar-refractivity contribution is -0.606. The van der Waals surface area contributed by atoms with Crippen molar-refractivity contribution in [3.8, 4) is 5.75 Å². The molecule has 11 heteroatoms. The van der Waals surface area contributed by atoms with Crippen LogP contribution in [0, 0.1) is 5.21 Å². The molecule has 0 atom stereocenters. The first-order chi connectivity index (χ1) is 16.8. The minimum atomic E-state index is -4.08. The lowest BCUT2D eigenvalue weighted by Gasteiger charge is -2.19. The maximum absolute atomic E-state index is 13.3. The highest BCUT2D eigenvalue weighted by Crippen LogP contribution is 2.36. The third kappa shape index (κ3) is 4.74. The van der Waals surface area contributed by atoms with Crippen molar-refractivity contribution in [2.75, 3.05) is 11.8 Å². The SMILES string of the molecule is COc1cc(CN2C(=O)c3c(Cl)ccc(NS(=O)(=O)c4ccc(C(C)(C)C)cc4)c3C2=O)c[n+]([O-])c1. The number of hydrogen-bond acceptors (Lipinski definition) is 6. The van der Waals surface area contributed by atoms with Gasteiger partial charge in [0.25, 0.3) is 21.8 Å². The van der Waals surface area contributed by atoms with E-state index in [1.54, 1.807) is 12.1 Å². The molecule has 36 heavy (non-hydrogen) atoms. The molecule has 0 spiro atoms. The Bertz CT molecular complexity index is 1480. The monoisotopic (exact) mass is 529 g/mol. The predicted octanol–water partition coefficient (Wildman–Crippen LogP) is 3.88. The summed E-state index contributed by atoms with van der Waals surface area (Å²) in [6, 6.07) is 10.6. The van der Waals surface area contributed by atoms with Crippen molar-refractivity contribution in [3.05, 3.63) is 87.3 Å². The molecule has 3 aromatic rings. The molecule has 2 amide bonds. The molecule has 4 rings (SSSR count). The van der Waals surface area contributed by atoms with Crippen LogP contribution in [0.4, 0.5) is 5.69 Å². The van der Waals surface area contributed by atoms with Crippen LogP contribution in [0.3, 0.4) is 0 Å². The molecule has 0 radical (unpaired) electrons. The highest BCUT2D eigenvalue weighted by Gasteiger charge is 2.40. The fourth-order valence-corrected chi connectivity index (χ4v) is 5.21. The summed E-state index contributed by atoms with van der Waals surface area (Å²) in [5, 5.41) is 11.9. The number of hydrogen-bond donors (Lipinski definition) is 1. The number of fused-ring (bicyclic) bond motifs is 1. The number of rotatable bonds is 6. The topological polar surface area (TPSA) is 120 Å². The molecule has 188 valence electrons. The Balaban J connectivity index is 1.68. The van der Waals surface area contributed by atoms with E-state index in [9.17, 15) is 23.2 Å². The first kappa shape index (κ1) is 25.5. The molecule has 9 nitrogen and oxygen atoms in total. The van der Waals surface area contributed by atoms with E-state index in [1.165, 1.54) is 49.8 Å². The van der Waals surface area contributed by atoms with Gasteiger partial charge in [-0.05, 0) is 41.3 Å². The molecule has 0 bridgehead atoms. The van der Waals surface area contributed by atoms with Crippen molar-refractivity contribution in [1.29, 1.82) is 0 Å². The normalized spacial score (nSPS) is 13.6. The molecule has 1 N–H and O–H groups in total. The van der Waals surface area contributed by atoms with Crippen LogP contribution in [0.2, 0.25) is 5.02 Å². The number of aromatic nitrogens is 1. The van der Waals surface area contributed by atoms with E-state index in [2.05, 4.69) is 4.72 Å². The number of ether oxygens (including phenoxy) is 1. The number of amides is 2. The number of sulfonamides is 1. The second kappa shape index (κ2) is 9.11. The van der Waals surface area contributed by atoms with Gasteiger partial charge in [-0.25, -0.2) is 8.42 Å². The maximum Gasteiger partial charge on any atom is 0.264 e. The van der Waals surface area contributed by atoms with Crippen molar-refractivity contribution >= 4 is 39.1 Å². The number of methoxy groups -OCH3 is 1. The van der Waals surface area contributed by atoms with Crippen LogP contribution in [0.5, 0.6) is 5.75 Å². The summed E-state index contributed by atoms with van der Waals surface area (Å²) in [6.45, 7) is 5.81. The largest absolute Gasteiger partial charge is 0.619 e. The van der Waals surface area contributed by atoms with Gasteiger partial charge in [-0.3, -0.25) is 19.2 Å². The van der Waals surface area contributed by atoms with Crippen molar-refractivity contribution in [2.24, 2.45) is 0 Å². The Morgan fingerprint density at radius 2 is 1.67 bits per heavy atom. The third-order valence-corrected chi connectivity index (χ3v) is 7.50. The molecular formula is C25H24ClN3O6S. The zero-order chi connectivity index (χ0) is 26.4. The van der Waals surface area contributed by atoms with E-state index in [1.807, 2.05) is 20.8 Å².